The minimum absolute atomic E-state index is 0.0938. The van der Waals surface area contributed by atoms with Crippen molar-refractivity contribution >= 4 is 0 Å². The Kier molecular flexibility index (Phi) is 5.58. The topological polar surface area (TPSA) is 74.2 Å². The Morgan fingerprint density at radius 3 is 2.59 bits per heavy atom. The maximum atomic E-state index is 5.99. The zero-order chi connectivity index (χ0) is 12.8. The maximum absolute atomic E-state index is 5.99. The van der Waals surface area contributed by atoms with Crippen LogP contribution < -0.4 is 5.73 Å². The molecule has 0 bridgehead atoms. The number of hydrogen-bond donors (Lipinski definition) is 1. The largest absolute Gasteiger partial charge is 0.370 e. The van der Waals surface area contributed by atoms with Crippen LogP contribution in [0.1, 0.15) is 64.4 Å². The van der Waals surface area contributed by atoms with E-state index in [2.05, 4.69) is 24.0 Å². The van der Waals surface area contributed by atoms with Crippen molar-refractivity contribution in [3.8, 4) is 0 Å². The number of nitrogens with two attached hydrogens (primary N) is 1. The number of rotatable bonds is 7. The molecule has 0 saturated heterocycles. The standard InChI is InChI=1S/C12H23N3O2/c1-5-10(16-6-2)11-14-12(17-15-11)9(13)7-8(3)4/h8-10H,5-7,13H2,1-4H3. The van der Waals surface area contributed by atoms with Gasteiger partial charge in [-0.2, -0.15) is 4.98 Å². The summed E-state index contributed by atoms with van der Waals surface area (Å²) in [5.74, 6) is 1.62. The van der Waals surface area contributed by atoms with Crippen molar-refractivity contribution in [2.24, 2.45) is 11.7 Å². The van der Waals surface area contributed by atoms with Crippen molar-refractivity contribution in [2.45, 2.75) is 52.7 Å². The van der Waals surface area contributed by atoms with Crippen LogP contribution in [0.3, 0.4) is 0 Å². The molecule has 0 amide bonds. The summed E-state index contributed by atoms with van der Waals surface area (Å²) in [5, 5.41) is 3.94. The van der Waals surface area contributed by atoms with Gasteiger partial charge in [-0.25, -0.2) is 0 Å². The first-order valence-electron chi connectivity index (χ1n) is 6.29. The third-order valence-electron chi connectivity index (χ3n) is 2.53. The molecule has 1 heterocycles. The lowest BCUT2D eigenvalue weighted by atomic mass is 10.0. The summed E-state index contributed by atoms with van der Waals surface area (Å²) in [7, 11) is 0. The first-order chi connectivity index (χ1) is 8.08. The Labute approximate surface area is 103 Å². The molecule has 5 nitrogen and oxygen atoms in total. The van der Waals surface area contributed by atoms with Gasteiger partial charge >= 0.3 is 0 Å². The van der Waals surface area contributed by atoms with E-state index in [-0.39, 0.29) is 12.1 Å². The molecule has 1 aromatic heterocycles. The van der Waals surface area contributed by atoms with E-state index in [0.717, 1.165) is 12.8 Å². The fraction of sp³-hybridized carbons (Fsp3) is 0.833. The number of ether oxygens (including phenoxy) is 1. The Morgan fingerprint density at radius 1 is 1.35 bits per heavy atom. The third-order valence-corrected chi connectivity index (χ3v) is 2.53. The Morgan fingerprint density at radius 2 is 2.06 bits per heavy atom. The highest BCUT2D eigenvalue weighted by Gasteiger charge is 2.20. The summed E-state index contributed by atoms with van der Waals surface area (Å²) in [5.41, 5.74) is 5.99. The van der Waals surface area contributed by atoms with Gasteiger partial charge in [-0.05, 0) is 25.7 Å². The molecule has 1 rings (SSSR count). The van der Waals surface area contributed by atoms with Crippen LogP contribution in [0.15, 0.2) is 4.52 Å². The molecule has 2 unspecified atom stereocenters. The van der Waals surface area contributed by atoms with Gasteiger partial charge in [0.15, 0.2) is 0 Å². The van der Waals surface area contributed by atoms with Crippen molar-refractivity contribution in [1.29, 1.82) is 0 Å². The van der Waals surface area contributed by atoms with E-state index >= 15 is 0 Å². The summed E-state index contributed by atoms with van der Waals surface area (Å²) < 4.78 is 10.7. The molecule has 2 atom stereocenters. The average Bonchev–Trinajstić information content (AvgIpc) is 2.74. The molecule has 5 heteroatoms. The molecule has 0 saturated carbocycles. The van der Waals surface area contributed by atoms with E-state index in [1.165, 1.54) is 0 Å². The Balaban J connectivity index is 2.69. The average molecular weight is 241 g/mol. The predicted octanol–water partition coefficient (Wildman–Crippen LogP) is 2.60. The number of aromatic nitrogens is 2. The fourth-order valence-corrected chi connectivity index (χ4v) is 1.71. The van der Waals surface area contributed by atoms with E-state index in [4.69, 9.17) is 15.0 Å². The van der Waals surface area contributed by atoms with Crippen molar-refractivity contribution in [2.75, 3.05) is 6.61 Å². The van der Waals surface area contributed by atoms with Gasteiger partial charge in [-0.3, -0.25) is 0 Å². The van der Waals surface area contributed by atoms with Gasteiger partial charge in [0, 0.05) is 6.61 Å². The lowest BCUT2D eigenvalue weighted by Gasteiger charge is -2.10. The van der Waals surface area contributed by atoms with Crippen LogP contribution in [0.2, 0.25) is 0 Å². The highest BCUT2D eigenvalue weighted by Crippen LogP contribution is 2.22. The highest BCUT2D eigenvalue weighted by molar-refractivity contribution is 4.95. The van der Waals surface area contributed by atoms with Crippen molar-refractivity contribution in [3.63, 3.8) is 0 Å². The van der Waals surface area contributed by atoms with E-state index in [1.807, 2.05) is 13.8 Å². The monoisotopic (exact) mass is 241 g/mol. The van der Waals surface area contributed by atoms with Gasteiger partial charge in [0.1, 0.15) is 6.10 Å². The minimum Gasteiger partial charge on any atom is -0.370 e. The molecule has 0 aliphatic rings. The number of nitrogens with zero attached hydrogens (tertiary/aromatic N) is 2. The molecule has 17 heavy (non-hydrogen) atoms. The van der Waals surface area contributed by atoms with Crippen LogP contribution in [-0.4, -0.2) is 16.7 Å². The van der Waals surface area contributed by atoms with Crippen molar-refractivity contribution < 1.29 is 9.26 Å². The molecule has 0 aliphatic heterocycles. The SMILES string of the molecule is CCOC(CC)c1noc(C(N)CC(C)C)n1. The van der Waals surface area contributed by atoms with E-state index in [0.29, 0.717) is 24.2 Å². The van der Waals surface area contributed by atoms with Crippen molar-refractivity contribution in [1.82, 2.24) is 10.1 Å². The van der Waals surface area contributed by atoms with Gasteiger partial charge in [-0.15, -0.1) is 0 Å². The van der Waals surface area contributed by atoms with Gasteiger partial charge in [0.2, 0.25) is 11.7 Å². The zero-order valence-corrected chi connectivity index (χ0v) is 11.1. The summed E-state index contributed by atoms with van der Waals surface area (Å²) >= 11 is 0. The summed E-state index contributed by atoms with van der Waals surface area (Å²) in [6, 6.07) is -0.185. The lowest BCUT2D eigenvalue weighted by molar-refractivity contribution is 0.0518. The van der Waals surface area contributed by atoms with Crippen molar-refractivity contribution in [3.05, 3.63) is 11.7 Å². The molecule has 0 aromatic carbocycles. The molecule has 0 fully saturated rings. The number of hydrogen-bond acceptors (Lipinski definition) is 5. The van der Waals surface area contributed by atoms with Gasteiger partial charge in [0.05, 0.1) is 6.04 Å². The second-order valence-electron chi connectivity index (χ2n) is 4.58. The summed E-state index contributed by atoms with van der Waals surface area (Å²) in [6.45, 7) is 8.86. The zero-order valence-electron chi connectivity index (χ0n) is 11.1. The van der Waals surface area contributed by atoms with Crippen LogP contribution in [0.5, 0.6) is 0 Å². The van der Waals surface area contributed by atoms with Gasteiger partial charge < -0.3 is 15.0 Å². The van der Waals surface area contributed by atoms with Crippen LogP contribution >= 0.6 is 0 Å². The summed E-state index contributed by atoms with van der Waals surface area (Å²) in [6.07, 6.45) is 1.57. The normalized spacial score (nSPS) is 15.2. The van der Waals surface area contributed by atoms with Crippen LogP contribution in [-0.2, 0) is 4.74 Å². The summed E-state index contributed by atoms with van der Waals surface area (Å²) in [4.78, 5) is 4.33. The third kappa shape index (κ3) is 4.09. The molecule has 0 spiro atoms. The van der Waals surface area contributed by atoms with Crippen LogP contribution in [0, 0.1) is 5.92 Å². The van der Waals surface area contributed by atoms with Crippen LogP contribution in [0.25, 0.3) is 0 Å². The molecular formula is C12H23N3O2. The lowest BCUT2D eigenvalue weighted by Crippen LogP contribution is -2.13. The molecular weight excluding hydrogens is 218 g/mol. The Hall–Kier alpha value is -0.940. The fourth-order valence-electron chi connectivity index (χ4n) is 1.71. The Bertz CT molecular complexity index is 325. The second-order valence-corrected chi connectivity index (χ2v) is 4.58. The first kappa shape index (κ1) is 14.1. The molecule has 2 N–H and O–H groups in total. The van der Waals surface area contributed by atoms with E-state index in [1.54, 1.807) is 0 Å². The second kappa shape index (κ2) is 6.71. The van der Waals surface area contributed by atoms with Gasteiger partial charge in [0.25, 0.3) is 0 Å². The highest BCUT2D eigenvalue weighted by atomic mass is 16.5. The molecule has 98 valence electrons. The van der Waals surface area contributed by atoms with Crippen LogP contribution in [0.4, 0.5) is 0 Å². The van der Waals surface area contributed by atoms with E-state index < -0.39 is 0 Å². The van der Waals surface area contributed by atoms with E-state index in [9.17, 15) is 0 Å². The minimum atomic E-state index is -0.185. The maximum Gasteiger partial charge on any atom is 0.243 e. The smallest absolute Gasteiger partial charge is 0.243 e. The molecule has 1 aromatic rings. The van der Waals surface area contributed by atoms with Gasteiger partial charge in [-0.1, -0.05) is 25.9 Å². The quantitative estimate of drug-likeness (QED) is 0.794. The molecule has 0 radical (unpaired) electrons. The molecule has 0 aliphatic carbocycles. The predicted molar refractivity (Wildman–Crippen MR) is 65.3 cm³/mol. The first-order valence-corrected chi connectivity index (χ1v) is 6.29.